The van der Waals surface area contributed by atoms with Gasteiger partial charge in [0.15, 0.2) is 0 Å². The molecule has 1 amide bonds. The maximum Gasteiger partial charge on any atom is 0.328 e. The summed E-state index contributed by atoms with van der Waals surface area (Å²) in [6.07, 6.45) is 2.51. The van der Waals surface area contributed by atoms with Crippen LogP contribution in [0.15, 0.2) is 47.3 Å². The fourth-order valence-corrected chi connectivity index (χ4v) is 4.02. The van der Waals surface area contributed by atoms with E-state index in [-0.39, 0.29) is 18.0 Å². The summed E-state index contributed by atoms with van der Waals surface area (Å²) in [6, 6.07) is 13.2. The number of hydrogen-bond acceptors (Lipinski definition) is 3. The summed E-state index contributed by atoms with van der Waals surface area (Å²) < 4.78 is 3.25. The molecule has 2 aromatic carbocycles. The van der Waals surface area contributed by atoms with Crippen molar-refractivity contribution in [1.29, 1.82) is 0 Å². The molecule has 3 aromatic rings. The highest BCUT2D eigenvalue weighted by Gasteiger charge is 2.18. The Balaban J connectivity index is 1.51. The fraction of sp³-hybridized carbons (Fsp3) is 0.333. The van der Waals surface area contributed by atoms with Crippen LogP contribution in [0.5, 0.6) is 0 Å². The Morgan fingerprint density at radius 1 is 1.11 bits per heavy atom. The average Bonchev–Trinajstić information content (AvgIpc) is 3.29. The van der Waals surface area contributed by atoms with Crippen molar-refractivity contribution in [3.05, 3.63) is 58.0 Å². The highest BCUT2D eigenvalue weighted by atomic mass is 35.5. The highest BCUT2D eigenvalue weighted by Crippen LogP contribution is 2.31. The predicted molar refractivity (Wildman–Crippen MR) is 113 cm³/mol. The third kappa shape index (κ3) is 3.52. The van der Waals surface area contributed by atoms with Crippen molar-refractivity contribution in [3.8, 4) is 0 Å². The largest absolute Gasteiger partial charge is 0.370 e. The number of hydrogen-bond donors (Lipinski definition) is 1. The van der Waals surface area contributed by atoms with E-state index >= 15 is 0 Å². The number of nitrogens with one attached hydrogen (secondary N) is 1. The normalized spacial score (nSPS) is 14.0. The summed E-state index contributed by atoms with van der Waals surface area (Å²) in [6.45, 7) is 2.29. The molecular formula is C21H23ClN4O2. The number of carbonyl (C=O) groups is 1. The lowest BCUT2D eigenvalue weighted by atomic mass is 10.2. The summed E-state index contributed by atoms with van der Waals surface area (Å²) in [5.74, 6) is -0.137. The number of imidazole rings is 1. The van der Waals surface area contributed by atoms with Crippen molar-refractivity contribution in [1.82, 2.24) is 9.13 Å². The number of aromatic nitrogens is 2. The molecule has 1 aromatic heterocycles. The molecule has 0 aliphatic carbocycles. The van der Waals surface area contributed by atoms with Gasteiger partial charge in [-0.1, -0.05) is 23.7 Å². The van der Waals surface area contributed by atoms with Crippen molar-refractivity contribution in [3.63, 3.8) is 0 Å². The van der Waals surface area contributed by atoms with Crippen LogP contribution >= 0.6 is 11.6 Å². The summed E-state index contributed by atoms with van der Waals surface area (Å²) >= 11 is 6.15. The molecule has 4 rings (SSSR count). The first-order chi connectivity index (χ1) is 13.5. The molecule has 2 heterocycles. The Morgan fingerprint density at radius 2 is 1.82 bits per heavy atom. The molecule has 7 heteroatoms. The Hall–Kier alpha value is -2.73. The van der Waals surface area contributed by atoms with E-state index in [9.17, 15) is 9.59 Å². The molecule has 1 N–H and O–H groups in total. The van der Waals surface area contributed by atoms with E-state index in [4.69, 9.17) is 11.6 Å². The molecule has 0 radical (unpaired) electrons. The Kier molecular flexibility index (Phi) is 5.13. The molecule has 0 spiro atoms. The molecule has 1 aliphatic rings. The Bertz CT molecular complexity index is 1080. The fourth-order valence-electron chi connectivity index (χ4n) is 3.85. The van der Waals surface area contributed by atoms with Gasteiger partial charge in [-0.3, -0.25) is 13.9 Å². The molecule has 28 heavy (non-hydrogen) atoms. The van der Waals surface area contributed by atoms with E-state index in [1.807, 2.05) is 36.4 Å². The topological polar surface area (TPSA) is 59.3 Å². The number of rotatable bonds is 5. The standard InChI is InChI=1S/C21H23ClN4O2/c1-24-18-6-2-3-7-19(18)26(21(24)28)13-10-20(27)23-16-14-15(22)8-9-17(16)25-11-4-5-12-25/h2-3,6-9,14H,4-5,10-13H2,1H3,(H,23,27). The number of carbonyl (C=O) groups excluding carboxylic acids is 1. The zero-order chi connectivity index (χ0) is 19.7. The maximum atomic E-state index is 12.6. The van der Waals surface area contributed by atoms with Gasteiger partial charge in [0.1, 0.15) is 0 Å². The Morgan fingerprint density at radius 3 is 2.57 bits per heavy atom. The number of fused-ring (bicyclic) bond motifs is 1. The third-order valence-electron chi connectivity index (χ3n) is 5.29. The van der Waals surface area contributed by atoms with Crippen LogP contribution in [0.25, 0.3) is 11.0 Å². The first kappa shape index (κ1) is 18.6. The zero-order valence-corrected chi connectivity index (χ0v) is 16.6. The van der Waals surface area contributed by atoms with Crippen LogP contribution in [0.3, 0.4) is 0 Å². The van der Waals surface area contributed by atoms with E-state index in [0.717, 1.165) is 48.3 Å². The lowest BCUT2D eigenvalue weighted by Crippen LogP contribution is -2.25. The van der Waals surface area contributed by atoms with Crippen LogP contribution in [0.2, 0.25) is 5.02 Å². The lowest BCUT2D eigenvalue weighted by Gasteiger charge is -2.22. The van der Waals surface area contributed by atoms with Gasteiger partial charge in [0.2, 0.25) is 5.91 Å². The first-order valence-corrected chi connectivity index (χ1v) is 9.91. The molecule has 0 bridgehead atoms. The van der Waals surface area contributed by atoms with E-state index in [0.29, 0.717) is 11.6 Å². The highest BCUT2D eigenvalue weighted by molar-refractivity contribution is 6.31. The van der Waals surface area contributed by atoms with Crippen LogP contribution < -0.4 is 15.9 Å². The van der Waals surface area contributed by atoms with Crippen molar-refractivity contribution in [2.75, 3.05) is 23.3 Å². The van der Waals surface area contributed by atoms with Gasteiger partial charge in [0, 0.05) is 38.1 Å². The zero-order valence-electron chi connectivity index (χ0n) is 15.8. The van der Waals surface area contributed by atoms with Gasteiger partial charge in [-0.15, -0.1) is 0 Å². The van der Waals surface area contributed by atoms with E-state index in [1.54, 1.807) is 22.2 Å². The van der Waals surface area contributed by atoms with Crippen LogP contribution in [-0.4, -0.2) is 28.1 Å². The van der Waals surface area contributed by atoms with Crippen molar-refractivity contribution in [2.45, 2.75) is 25.8 Å². The van der Waals surface area contributed by atoms with E-state index in [1.165, 1.54) is 0 Å². The van der Waals surface area contributed by atoms with Gasteiger partial charge in [0.05, 0.1) is 22.4 Å². The van der Waals surface area contributed by atoms with Crippen molar-refractivity contribution in [2.24, 2.45) is 7.05 Å². The van der Waals surface area contributed by atoms with Gasteiger partial charge in [-0.2, -0.15) is 0 Å². The molecule has 0 saturated carbocycles. The second-order valence-electron chi connectivity index (χ2n) is 7.14. The lowest BCUT2D eigenvalue weighted by molar-refractivity contribution is -0.116. The average molecular weight is 399 g/mol. The molecule has 1 fully saturated rings. The van der Waals surface area contributed by atoms with Crippen LogP contribution in [-0.2, 0) is 18.4 Å². The van der Waals surface area contributed by atoms with Crippen LogP contribution in [0.4, 0.5) is 11.4 Å². The number of para-hydroxylation sites is 2. The number of aryl methyl sites for hydroxylation is 2. The summed E-state index contributed by atoms with van der Waals surface area (Å²) in [5, 5.41) is 3.57. The van der Waals surface area contributed by atoms with E-state index in [2.05, 4.69) is 10.2 Å². The van der Waals surface area contributed by atoms with Crippen LogP contribution in [0, 0.1) is 0 Å². The predicted octanol–water partition coefficient (Wildman–Crippen LogP) is 3.62. The second kappa shape index (κ2) is 7.72. The molecule has 1 aliphatic heterocycles. The molecule has 146 valence electrons. The molecular weight excluding hydrogens is 376 g/mol. The van der Waals surface area contributed by atoms with Crippen LogP contribution in [0.1, 0.15) is 19.3 Å². The summed E-state index contributed by atoms with van der Waals surface area (Å²) in [7, 11) is 1.75. The van der Waals surface area contributed by atoms with Gasteiger partial charge in [-0.25, -0.2) is 4.79 Å². The molecule has 0 unspecified atom stereocenters. The third-order valence-corrected chi connectivity index (χ3v) is 5.53. The van der Waals surface area contributed by atoms with Crippen molar-refractivity contribution < 1.29 is 4.79 Å². The number of benzene rings is 2. The van der Waals surface area contributed by atoms with Crippen molar-refractivity contribution >= 4 is 39.9 Å². The number of amides is 1. The van der Waals surface area contributed by atoms with Gasteiger partial charge in [0.25, 0.3) is 0 Å². The summed E-state index contributed by atoms with van der Waals surface area (Å²) in [5.41, 5.74) is 3.30. The monoisotopic (exact) mass is 398 g/mol. The Labute approximate surface area is 168 Å². The van der Waals surface area contributed by atoms with Gasteiger partial charge < -0.3 is 10.2 Å². The van der Waals surface area contributed by atoms with E-state index < -0.39 is 0 Å². The molecule has 1 saturated heterocycles. The van der Waals surface area contributed by atoms with Gasteiger partial charge >= 0.3 is 5.69 Å². The van der Waals surface area contributed by atoms with Gasteiger partial charge in [-0.05, 0) is 43.2 Å². The number of nitrogens with zero attached hydrogens (tertiary/aromatic N) is 3. The minimum atomic E-state index is -0.137. The minimum absolute atomic E-state index is 0.116. The quantitative estimate of drug-likeness (QED) is 0.714. The first-order valence-electron chi connectivity index (χ1n) is 9.53. The smallest absolute Gasteiger partial charge is 0.328 e. The number of halogens is 1. The second-order valence-corrected chi connectivity index (χ2v) is 7.57. The maximum absolute atomic E-state index is 12.6. The molecule has 0 atom stereocenters. The number of anilines is 2. The summed E-state index contributed by atoms with van der Waals surface area (Å²) in [4.78, 5) is 27.4. The minimum Gasteiger partial charge on any atom is -0.370 e. The molecule has 6 nitrogen and oxygen atoms in total. The SMILES string of the molecule is Cn1c(=O)n(CCC(=O)Nc2cc(Cl)ccc2N2CCCC2)c2ccccc21.